The van der Waals surface area contributed by atoms with Gasteiger partial charge in [0.05, 0.1) is 13.2 Å². The van der Waals surface area contributed by atoms with E-state index in [0.29, 0.717) is 0 Å². The van der Waals surface area contributed by atoms with Crippen molar-refractivity contribution in [1.29, 1.82) is 0 Å². The van der Waals surface area contributed by atoms with E-state index in [1.165, 1.54) is 0 Å². The van der Waals surface area contributed by atoms with Crippen molar-refractivity contribution in [3.63, 3.8) is 0 Å². The van der Waals surface area contributed by atoms with Crippen LogP contribution in [0.25, 0.3) is 0 Å². The summed E-state index contributed by atoms with van der Waals surface area (Å²) in [5, 5.41) is 0. The van der Waals surface area contributed by atoms with Crippen molar-refractivity contribution in [1.82, 2.24) is 0 Å². The molecule has 2 nitrogen and oxygen atoms in total. The predicted octanol–water partition coefficient (Wildman–Crippen LogP) is 4.58. The monoisotopic (exact) mass is 383 g/mol. The zero-order valence-corrected chi connectivity index (χ0v) is 14.0. The normalized spacial score (nSPS) is 12.3. The van der Waals surface area contributed by atoms with Crippen LogP contribution in [0.4, 0.5) is 0 Å². The summed E-state index contributed by atoms with van der Waals surface area (Å²) in [6, 6.07) is 11.8. The van der Waals surface area contributed by atoms with E-state index in [-0.39, 0.29) is 6.04 Å². The van der Waals surface area contributed by atoms with Crippen LogP contribution in [0.2, 0.25) is 0 Å². The van der Waals surface area contributed by atoms with Crippen LogP contribution in [0.1, 0.15) is 22.7 Å². The quantitative estimate of drug-likeness (QED) is 0.840. The molecule has 0 aliphatic heterocycles. The molecule has 2 rings (SSSR count). The van der Waals surface area contributed by atoms with Crippen LogP contribution in [0.15, 0.2) is 45.3 Å². The fourth-order valence-electron chi connectivity index (χ4n) is 2.06. The summed E-state index contributed by atoms with van der Waals surface area (Å²) < 4.78 is 7.42. The number of nitrogens with two attached hydrogens (primary N) is 1. The van der Waals surface area contributed by atoms with E-state index in [2.05, 4.69) is 50.9 Å². The van der Waals surface area contributed by atoms with Crippen molar-refractivity contribution in [2.45, 2.75) is 13.0 Å². The molecule has 0 saturated heterocycles. The lowest BCUT2D eigenvalue weighted by atomic mass is 9.95. The molecule has 0 amide bonds. The topological polar surface area (TPSA) is 35.2 Å². The molecule has 1 atom stereocenters. The summed E-state index contributed by atoms with van der Waals surface area (Å²) in [5.41, 5.74) is 9.63. The Kier molecular flexibility index (Phi) is 4.66. The van der Waals surface area contributed by atoms with Gasteiger partial charge >= 0.3 is 0 Å². The minimum atomic E-state index is -0.218. The van der Waals surface area contributed by atoms with Crippen LogP contribution >= 0.6 is 31.9 Å². The van der Waals surface area contributed by atoms with E-state index in [4.69, 9.17) is 10.5 Å². The first-order valence-electron chi connectivity index (χ1n) is 5.88. The van der Waals surface area contributed by atoms with Crippen LogP contribution in [-0.4, -0.2) is 7.11 Å². The summed E-state index contributed by atoms with van der Waals surface area (Å²) in [6.07, 6.45) is 0. The maximum Gasteiger partial charge on any atom is 0.124 e. The van der Waals surface area contributed by atoms with Gasteiger partial charge in [0.15, 0.2) is 0 Å². The van der Waals surface area contributed by atoms with Gasteiger partial charge in [-0.05, 0) is 48.4 Å². The molecule has 0 heterocycles. The number of halogens is 2. The standard InChI is InChI=1S/C15H15Br2NO/c1-9-3-4-10(16)7-12(9)15(18)13-8-11(17)5-6-14(13)19-2/h3-8,15H,18H2,1-2H3. The summed E-state index contributed by atoms with van der Waals surface area (Å²) >= 11 is 6.97. The van der Waals surface area contributed by atoms with Gasteiger partial charge in [0.25, 0.3) is 0 Å². The van der Waals surface area contributed by atoms with E-state index < -0.39 is 0 Å². The van der Waals surface area contributed by atoms with Gasteiger partial charge in [-0.1, -0.05) is 37.9 Å². The molecule has 1 unspecified atom stereocenters. The predicted molar refractivity (Wildman–Crippen MR) is 85.6 cm³/mol. The highest BCUT2D eigenvalue weighted by molar-refractivity contribution is 9.10. The Hall–Kier alpha value is -0.840. The van der Waals surface area contributed by atoms with Crippen molar-refractivity contribution < 1.29 is 4.74 Å². The number of hydrogen-bond acceptors (Lipinski definition) is 2. The lowest BCUT2D eigenvalue weighted by Gasteiger charge is -2.18. The second-order valence-corrected chi connectivity index (χ2v) is 6.20. The highest BCUT2D eigenvalue weighted by Crippen LogP contribution is 2.33. The second-order valence-electron chi connectivity index (χ2n) is 4.36. The summed E-state index contributed by atoms with van der Waals surface area (Å²) in [6.45, 7) is 2.06. The molecule has 0 radical (unpaired) electrons. The molecule has 0 bridgehead atoms. The summed E-state index contributed by atoms with van der Waals surface area (Å²) in [7, 11) is 1.66. The Morgan fingerprint density at radius 2 is 1.58 bits per heavy atom. The maximum absolute atomic E-state index is 6.41. The molecule has 2 N–H and O–H groups in total. The third-order valence-electron chi connectivity index (χ3n) is 3.10. The molecule has 0 saturated carbocycles. The van der Waals surface area contributed by atoms with E-state index in [1.807, 2.05) is 24.3 Å². The molecule has 2 aromatic rings. The molecule has 4 heteroatoms. The van der Waals surface area contributed by atoms with E-state index in [9.17, 15) is 0 Å². The minimum absolute atomic E-state index is 0.218. The Morgan fingerprint density at radius 1 is 1.00 bits per heavy atom. The van der Waals surface area contributed by atoms with Crippen LogP contribution in [-0.2, 0) is 0 Å². The lowest BCUT2D eigenvalue weighted by molar-refractivity contribution is 0.407. The van der Waals surface area contributed by atoms with E-state index in [0.717, 1.165) is 31.4 Å². The molecule has 19 heavy (non-hydrogen) atoms. The van der Waals surface area contributed by atoms with Crippen molar-refractivity contribution in [3.05, 3.63) is 62.0 Å². The van der Waals surface area contributed by atoms with Gasteiger partial charge in [-0.3, -0.25) is 0 Å². The number of methoxy groups -OCH3 is 1. The highest BCUT2D eigenvalue weighted by atomic mass is 79.9. The summed E-state index contributed by atoms with van der Waals surface area (Å²) in [4.78, 5) is 0. The smallest absolute Gasteiger partial charge is 0.124 e. The summed E-state index contributed by atoms with van der Waals surface area (Å²) in [5.74, 6) is 0.801. The van der Waals surface area contributed by atoms with Gasteiger partial charge in [0.1, 0.15) is 5.75 Å². The third-order valence-corrected chi connectivity index (χ3v) is 4.09. The van der Waals surface area contributed by atoms with E-state index in [1.54, 1.807) is 7.11 Å². The van der Waals surface area contributed by atoms with Gasteiger partial charge in [0, 0.05) is 14.5 Å². The zero-order chi connectivity index (χ0) is 14.0. The van der Waals surface area contributed by atoms with Crippen molar-refractivity contribution in [3.8, 4) is 5.75 Å². The average Bonchev–Trinajstić information content (AvgIpc) is 2.40. The van der Waals surface area contributed by atoms with Gasteiger partial charge in [-0.25, -0.2) is 0 Å². The highest BCUT2D eigenvalue weighted by Gasteiger charge is 2.16. The molecule has 100 valence electrons. The van der Waals surface area contributed by atoms with Crippen molar-refractivity contribution in [2.75, 3.05) is 7.11 Å². The molecular formula is C15H15Br2NO. The van der Waals surface area contributed by atoms with Gasteiger partial charge < -0.3 is 10.5 Å². The van der Waals surface area contributed by atoms with Crippen molar-refractivity contribution in [2.24, 2.45) is 5.73 Å². The number of benzene rings is 2. The van der Waals surface area contributed by atoms with Gasteiger partial charge in [-0.2, -0.15) is 0 Å². The van der Waals surface area contributed by atoms with Crippen LogP contribution < -0.4 is 10.5 Å². The van der Waals surface area contributed by atoms with Gasteiger partial charge in [0.2, 0.25) is 0 Å². The second kappa shape index (κ2) is 6.07. The molecule has 0 fully saturated rings. The minimum Gasteiger partial charge on any atom is -0.496 e. The van der Waals surface area contributed by atoms with Gasteiger partial charge in [-0.15, -0.1) is 0 Å². The average molecular weight is 385 g/mol. The Bertz CT molecular complexity index is 599. The third kappa shape index (κ3) is 3.19. The first kappa shape index (κ1) is 14.6. The maximum atomic E-state index is 6.41. The molecule has 0 aromatic heterocycles. The lowest BCUT2D eigenvalue weighted by Crippen LogP contribution is -2.14. The number of hydrogen-bond donors (Lipinski definition) is 1. The Balaban J connectivity index is 2.51. The van der Waals surface area contributed by atoms with Crippen LogP contribution in [0.3, 0.4) is 0 Å². The molecule has 0 spiro atoms. The fourth-order valence-corrected chi connectivity index (χ4v) is 2.82. The molecular weight excluding hydrogens is 370 g/mol. The largest absolute Gasteiger partial charge is 0.496 e. The number of aryl methyl sites for hydroxylation is 1. The molecule has 0 aliphatic carbocycles. The molecule has 2 aromatic carbocycles. The molecule has 0 aliphatic rings. The first-order chi connectivity index (χ1) is 9.02. The fraction of sp³-hybridized carbons (Fsp3) is 0.200. The van der Waals surface area contributed by atoms with Crippen LogP contribution in [0.5, 0.6) is 5.75 Å². The zero-order valence-electron chi connectivity index (χ0n) is 10.8. The number of rotatable bonds is 3. The SMILES string of the molecule is COc1ccc(Br)cc1C(N)c1cc(Br)ccc1C. The van der Waals surface area contributed by atoms with Crippen molar-refractivity contribution >= 4 is 31.9 Å². The number of ether oxygens (including phenoxy) is 1. The van der Waals surface area contributed by atoms with E-state index >= 15 is 0 Å². The Labute approximate surface area is 130 Å². The van der Waals surface area contributed by atoms with Crippen LogP contribution in [0, 0.1) is 6.92 Å². The Morgan fingerprint density at radius 3 is 2.21 bits per heavy atom. The first-order valence-corrected chi connectivity index (χ1v) is 7.46.